The molecule has 0 fully saturated rings. The van der Waals surface area contributed by atoms with Crippen LogP contribution >= 0.6 is 0 Å². The topological polar surface area (TPSA) is 87.0 Å². The van der Waals surface area contributed by atoms with Crippen molar-refractivity contribution in [1.29, 1.82) is 0 Å². The average Bonchev–Trinajstić information content (AvgIpc) is 2.34. The molecule has 5 nitrogen and oxygen atoms in total. The van der Waals surface area contributed by atoms with Crippen LogP contribution in [0.5, 0.6) is 0 Å². The van der Waals surface area contributed by atoms with Gasteiger partial charge in [0.1, 0.15) is 0 Å². The number of rotatable bonds is 6. The molecule has 2 N–H and O–H groups in total. The van der Waals surface area contributed by atoms with Crippen LogP contribution in [0.4, 0.5) is 0 Å². The van der Waals surface area contributed by atoms with Crippen LogP contribution in [0.2, 0.25) is 0 Å². The van der Waals surface area contributed by atoms with Crippen LogP contribution < -0.4 is 0 Å². The van der Waals surface area contributed by atoms with E-state index in [9.17, 15) is 14.6 Å². The van der Waals surface area contributed by atoms with Crippen LogP contribution in [-0.2, 0) is 15.9 Å². The van der Waals surface area contributed by atoms with Crippen LogP contribution in [0, 0.1) is 0 Å². The summed E-state index contributed by atoms with van der Waals surface area (Å²) in [6, 6.07) is 8.20. The Morgan fingerprint density at radius 2 is 2.06 bits per heavy atom. The van der Waals surface area contributed by atoms with E-state index in [1.54, 1.807) is 12.1 Å². The molecule has 1 aromatic rings. The molecular weight excluding hydrogens is 221 g/mol. The Morgan fingerprint density at radius 3 is 2.59 bits per heavy atom. The summed E-state index contributed by atoms with van der Waals surface area (Å²) in [7, 11) is 0.451. The maximum absolute atomic E-state index is 10.7. The summed E-state index contributed by atoms with van der Waals surface area (Å²) in [6.45, 7) is 0. The fourth-order valence-corrected chi connectivity index (χ4v) is 1.41. The summed E-state index contributed by atoms with van der Waals surface area (Å²) in [6.07, 6.45) is -0.398. The maximum atomic E-state index is 10.7. The second-order valence-electron chi connectivity index (χ2n) is 3.47. The molecule has 17 heavy (non-hydrogen) atoms. The first-order valence-electron chi connectivity index (χ1n) is 5.07. The number of hydrogen-bond donors (Lipinski definition) is 2. The van der Waals surface area contributed by atoms with Gasteiger partial charge in [-0.25, -0.2) is 0 Å². The fraction of sp³-hybridized carbons (Fsp3) is 0.273. The summed E-state index contributed by atoms with van der Waals surface area (Å²) < 4.78 is 10.2. The molecule has 0 spiro atoms. The first kappa shape index (κ1) is 13.3. The first-order valence-corrected chi connectivity index (χ1v) is 5.07. The van der Waals surface area contributed by atoms with Gasteiger partial charge < -0.3 is 0 Å². The number of aliphatic carboxylic acids is 1. The van der Waals surface area contributed by atoms with Crippen molar-refractivity contribution in [2.75, 3.05) is 0 Å². The van der Waals surface area contributed by atoms with Gasteiger partial charge in [-0.3, -0.25) is 0 Å². The summed E-state index contributed by atoms with van der Waals surface area (Å²) in [5, 5.41) is 18.2. The quantitative estimate of drug-likeness (QED) is 0.539. The zero-order valence-electron chi connectivity index (χ0n) is 9.06. The van der Waals surface area contributed by atoms with E-state index >= 15 is 0 Å². The summed E-state index contributed by atoms with van der Waals surface area (Å²) >= 11 is 0. The third kappa shape index (κ3) is 4.28. The van der Waals surface area contributed by atoms with E-state index in [0.717, 1.165) is 11.7 Å². The van der Waals surface area contributed by atoms with Gasteiger partial charge in [0.15, 0.2) is 0 Å². The second kappa shape index (κ2) is 6.70. The molecule has 1 rings (SSSR count). The van der Waals surface area contributed by atoms with E-state index in [2.05, 4.69) is 4.99 Å². The number of nitrogens with zero attached hydrogens (tertiary/aromatic N) is 1. The van der Waals surface area contributed by atoms with Crippen molar-refractivity contribution in [2.45, 2.75) is 18.6 Å². The number of benzene rings is 1. The van der Waals surface area contributed by atoms with Gasteiger partial charge >= 0.3 is 98.4 Å². The van der Waals surface area contributed by atoms with E-state index in [1.165, 1.54) is 0 Å². The minimum atomic E-state index is -1.62. The van der Waals surface area contributed by atoms with Gasteiger partial charge in [-0.05, 0) is 0 Å². The number of aliphatic hydroxyl groups is 1. The number of carbonyl (C=O) groups is 1. The Bertz CT molecular complexity index is 407. The van der Waals surface area contributed by atoms with Gasteiger partial charge in [-0.15, -0.1) is 0 Å². The third-order valence-corrected chi connectivity index (χ3v) is 2.24. The fourth-order valence-electron chi connectivity index (χ4n) is 1.41. The van der Waals surface area contributed by atoms with Crippen molar-refractivity contribution >= 4 is 19.2 Å². The molecule has 0 radical (unpaired) electrons. The van der Waals surface area contributed by atoms with Crippen LogP contribution in [0.15, 0.2) is 35.3 Å². The molecule has 88 valence electrons. The normalized spacial score (nSPS) is 14.2. The van der Waals surface area contributed by atoms with Crippen molar-refractivity contribution in [3.05, 3.63) is 35.9 Å². The number of hydrogen-bond acceptors (Lipinski definition) is 4. The Labute approximate surface area is 99.1 Å². The first-order chi connectivity index (χ1) is 8.15. The predicted octanol–water partition coefficient (Wildman–Crippen LogP) is 0.121. The van der Waals surface area contributed by atoms with Gasteiger partial charge in [-0.1, -0.05) is 0 Å². The number of aliphatic imine (C=N–C) groups is 1. The van der Waals surface area contributed by atoms with Crippen molar-refractivity contribution in [1.82, 2.24) is 0 Å². The molecule has 0 aliphatic carbocycles. The minimum absolute atomic E-state index is 0.263. The summed E-state index contributed by atoms with van der Waals surface area (Å²) in [5.41, 5.74) is 0.848. The Morgan fingerprint density at radius 1 is 1.41 bits per heavy atom. The van der Waals surface area contributed by atoms with E-state index in [1.807, 2.05) is 18.2 Å². The van der Waals surface area contributed by atoms with E-state index in [4.69, 9.17) is 5.11 Å². The van der Waals surface area contributed by atoms with Crippen molar-refractivity contribution in [3.63, 3.8) is 0 Å². The second-order valence-corrected chi connectivity index (χ2v) is 3.47. The third-order valence-electron chi connectivity index (χ3n) is 2.24. The van der Waals surface area contributed by atoms with Crippen molar-refractivity contribution in [2.24, 2.45) is 4.99 Å². The van der Waals surface area contributed by atoms with Gasteiger partial charge in [0.2, 0.25) is 0 Å². The van der Waals surface area contributed by atoms with E-state index < -0.39 is 18.1 Å². The molecule has 6 heteroatoms. The monoisotopic (exact) mass is 233 g/mol. The van der Waals surface area contributed by atoms with Crippen LogP contribution in [0.1, 0.15) is 5.56 Å². The molecule has 0 saturated carbocycles. The molecule has 0 aromatic heterocycles. The Balaban J connectivity index is 2.80. The van der Waals surface area contributed by atoms with Crippen LogP contribution in [0.25, 0.3) is 0 Å². The Kier molecular flexibility index (Phi) is 5.22. The average molecular weight is 233 g/mol. The van der Waals surface area contributed by atoms with Crippen molar-refractivity contribution in [3.8, 4) is 0 Å². The van der Waals surface area contributed by atoms with Crippen molar-refractivity contribution < 1.29 is 19.7 Å². The van der Waals surface area contributed by atoms with Gasteiger partial charge in [0.05, 0.1) is 0 Å². The molecule has 0 amide bonds. The molecule has 0 aliphatic rings. The Hall–Kier alpha value is -1.82. The summed E-state index contributed by atoms with van der Waals surface area (Å²) in [5.74, 6) is -1.35. The number of carboxylic acids is 1. The molecule has 0 heterocycles. The molecule has 0 bridgehead atoms. The zero-order valence-corrected chi connectivity index (χ0v) is 9.06. The molecule has 2 atom stereocenters. The SMILES string of the molecule is O=BC=N[C@@H](Cc1ccccc1)C(O)C(=O)O. The molecule has 0 saturated heterocycles. The standard InChI is InChI=1S/C11H12BNO4/c14-10(11(15)16)9(13-7-12-17)6-8-4-2-1-3-5-8/h1-5,7,9-10,14H,6H2,(H,15,16)/t9-,10?/m0/s1. The molecular formula is C11H12BNO4. The molecule has 1 unspecified atom stereocenters. The molecule has 1 aromatic carbocycles. The summed E-state index contributed by atoms with van der Waals surface area (Å²) in [4.78, 5) is 14.4. The van der Waals surface area contributed by atoms with E-state index in [0.29, 0.717) is 7.15 Å². The predicted molar refractivity (Wildman–Crippen MR) is 62.5 cm³/mol. The zero-order chi connectivity index (χ0) is 12.7. The van der Waals surface area contributed by atoms with Crippen LogP contribution in [0.3, 0.4) is 0 Å². The number of aliphatic hydroxyl groups excluding tert-OH is 1. The molecule has 0 aliphatic heterocycles. The number of carboxylic acid groups (broad SMARTS) is 1. The van der Waals surface area contributed by atoms with Crippen LogP contribution in [-0.4, -0.2) is 41.6 Å². The van der Waals surface area contributed by atoms with Gasteiger partial charge in [0.25, 0.3) is 0 Å². The van der Waals surface area contributed by atoms with E-state index in [-0.39, 0.29) is 6.42 Å². The van der Waals surface area contributed by atoms with Gasteiger partial charge in [0, 0.05) is 0 Å². The van der Waals surface area contributed by atoms with Gasteiger partial charge in [-0.2, -0.15) is 0 Å².